The lowest BCUT2D eigenvalue weighted by Crippen LogP contribution is -2.64. The molecule has 3 rings (SSSR count). The zero-order chi connectivity index (χ0) is 15.0. The van der Waals surface area contributed by atoms with Crippen molar-refractivity contribution >= 4 is 0 Å². The van der Waals surface area contributed by atoms with Crippen LogP contribution >= 0.6 is 0 Å². The van der Waals surface area contributed by atoms with Crippen LogP contribution in [0.4, 0.5) is 0 Å². The number of piperidine rings is 1. The van der Waals surface area contributed by atoms with E-state index in [0.717, 1.165) is 18.7 Å². The summed E-state index contributed by atoms with van der Waals surface area (Å²) >= 11 is 0. The summed E-state index contributed by atoms with van der Waals surface area (Å²) in [5.41, 5.74) is 0.293. The van der Waals surface area contributed by atoms with Crippen molar-refractivity contribution in [2.75, 3.05) is 19.7 Å². The van der Waals surface area contributed by atoms with Crippen LogP contribution < -0.4 is 5.32 Å². The fraction of sp³-hybridized carbons (Fsp3) is 1.00. The number of nitrogens with one attached hydrogen (secondary N) is 1. The lowest BCUT2D eigenvalue weighted by molar-refractivity contribution is -0.127. The van der Waals surface area contributed by atoms with Gasteiger partial charge in [0.2, 0.25) is 0 Å². The third kappa shape index (κ3) is 3.30. The molecule has 0 aromatic heterocycles. The average Bonchev–Trinajstić information content (AvgIpc) is 2.89. The molecule has 3 aliphatic rings. The monoisotopic (exact) mass is 294 g/mol. The smallest absolute Gasteiger partial charge is 0.0656 e. The van der Waals surface area contributed by atoms with Crippen molar-refractivity contribution in [3.8, 4) is 0 Å². The van der Waals surface area contributed by atoms with E-state index >= 15 is 0 Å². The highest BCUT2D eigenvalue weighted by atomic mass is 16.5. The van der Waals surface area contributed by atoms with E-state index < -0.39 is 0 Å². The molecule has 1 N–H and O–H groups in total. The van der Waals surface area contributed by atoms with Crippen molar-refractivity contribution in [3.05, 3.63) is 0 Å². The van der Waals surface area contributed by atoms with E-state index in [1.165, 1.54) is 45.2 Å². The van der Waals surface area contributed by atoms with Crippen LogP contribution in [0.15, 0.2) is 0 Å². The molecule has 0 aromatic rings. The minimum absolute atomic E-state index is 0.293. The molecule has 4 unspecified atom stereocenters. The first kappa shape index (κ1) is 15.8. The predicted molar refractivity (Wildman–Crippen MR) is 87.5 cm³/mol. The maximum absolute atomic E-state index is 6.10. The highest BCUT2D eigenvalue weighted by Gasteiger charge is 2.49. The van der Waals surface area contributed by atoms with Crippen molar-refractivity contribution in [1.82, 2.24) is 10.2 Å². The topological polar surface area (TPSA) is 24.5 Å². The molecular weight excluding hydrogens is 260 g/mol. The highest BCUT2D eigenvalue weighted by molar-refractivity contribution is 5.04. The number of fused-ring (bicyclic) bond motifs is 1. The summed E-state index contributed by atoms with van der Waals surface area (Å²) in [5, 5.41) is 3.97. The van der Waals surface area contributed by atoms with Gasteiger partial charge in [0.05, 0.1) is 6.10 Å². The summed E-state index contributed by atoms with van der Waals surface area (Å²) in [4.78, 5) is 2.71. The predicted octanol–water partition coefficient (Wildman–Crippen LogP) is 3.04. The quantitative estimate of drug-likeness (QED) is 0.843. The first-order valence-electron chi connectivity index (χ1n) is 9.08. The van der Waals surface area contributed by atoms with Crippen LogP contribution in [0.3, 0.4) is 0 Å². The summed E-state index contributed by atoms with van der Waals surface area (Å²) in [5.74, 6) is 0.638. The molecule has 3 fully saturated rings. The van der Waals surface area contributed by atoms with Crippen molar-refractivity contribution in [3.63, 3.8) is 0 Å². The van der Waals surface area contributed by atoms with Gasteiger partial charge in [0.1, 0.15) is 0 Å². The lowest BCUT2D eigenvalue weighted by atomic mass is 9.64. The van der Waals surface area contributed by atoms with E-state index in [1.807, 2.05) is 0 Å². The van der Waals surface area contributed by atoms with E-state index in [9.17, 15) is 0 Å². The normalized spacial score (nSPS) is 39.3. The third-order valence-electron chi connectivity index (χ3n) is 6.07. The molecule has 122 valence electrons. The molecule has 4 atom stereocenters. The van der Waals surface area contributed by atoms with Crippen LogP contribution in [-0.4, -0.2) is 48.8 Å². The summed E-state index contributed by atoms with van der Waals surface area (Å²) in [6.07, 6.45) is 7.18. The van der Waals surface area contributed by atoms with E-state index in [1.54, 1.807) is 0 Å². The molecule has 3 heteroatoms. The Morgan fingerprint density at radius 3 is 2.71 bits per heavy atom. The van der Waals surface area contributed by atoms with Crippen LogP contribution in [0.2, 0.25) is 0 Å². The first-order valence-corrected chi connectivity index (χ1v) is 9.08. The van der Waals surface area contributed by atoms with Gasteiger partial charge in [0.15, 0.2) is 0 Å². The van der Waals surface area contributed by atoms with E-state index in [4.69, 9.17) is 4.74 Å². The Morgan fingerprint density at radius 2 is 2.00 bits per heavy atom. The van der Waals surface area contributed by atoms with Gasteiger partial charge in [0.25, 0.3) is 0 Å². The molecule has 2 saturated heterocycles. The fourth-order valence-electron chi connectivity index (χ4n) is 4.42. The zero-order valence-electron chi connectivity index (χ0n) is 14.4. The minimum atomic E-state index is 0.293. The first-order chi connectivity index (χ1) is 9.96. The Labute approximate surface area is 130 Å². The Hall–Kier alpha value is -0.120. The second-order valence-corrected chi connectivity index (χ2v) is 8.55. The maximum Gasteiger partial charge on any atom is 0.0656 e. The molecule has 0 aromatic carbocycles. The molecule has 0 amide bonds. The van der Waals surface area contributed by atoms with Gasteiger partial charge in [-0.05, 0) is 51.1 Å². The van der Waals surface area contributed by atoms with Crippen LogP contribution in [0.25, 0.3) is 0 Å². The van der Waals surface area contributed by atoms with Gasteiger partial charge in [-0.3, -0.25) is 0 Å². The summed E-state index contributed by atoms with van der Waals surface area (Å²) in [7, 11) is 0. The lowest BCUT2D eigenvalue weighted by Gasteiger charge is -2.54. The van der Waals surface area contributed by atoms with Crippen molar-refractivity contribution in [2.45, 2.75) is 84.0 Å². The fourth-order valence-corrected chi connectivity index (χ4v) is 4.42. The zero-order valence-corrected chi connectivity index (χ0v) is 14.4. The van der Waals surface area contributed by atoms with Crippen molar-refractivity contribution in [2.24, 2.45) is 11.3 Å². The molecular formula is C18H34N2O. The number of hydrogen-bond acceptors (Lipinski definition) is 3. The van der Waals surface area contributed by atoms with Gasteiger partial charge in [-0.1, -0.05) is 27.7 Å². The second kappa shape index (κ2) is 6.17. The third-order valence-corrected chi connectivity index (χ3v) is 6.07. The minimum Gasteiger partial charge on any atom is -0.377 e. The molecule has 2 aliphatic heterocycles. The van der Waals surface area contributed by atoms with E-state index in [0.29, 0.717) is 23.5 Å². The highest BCUT2D eigenvalue weighted by Crippen LogP contribution is 2.43. The van der Waals surface area contributed by atoms with Crippen LogP contribution in [0.1, 0.15) is 59.8 Å². The molecule has 3 nitrogen and oxygen atoms in total. The number of ether oxygens (including phenoxy) is 1. The Kier molecular flexibility index (Phi) is 4.63. The number of hydrogen-bond donors (Lipinski definition) is 1. The van der Waals surface area contributed by atoms with Gasteiger partial charge < -0.3 is 15.0 Å². The summed E-state index contributed by atoms with van der Waals surface area (Å²) < 4.78 is 6.10. The molecule has 2 heterocycles. The Balaban J connectivity index is 1.46. The summed E-state index contributed by atoms with van der Waals surface area (Å²) in [6.45, 7) is 12.8. The van der Waals surface area contributed by atoms with Gasteiger partial charge in [-0.15, -0.1) is 0 Å². The largest absolute Gasteiger partial charge is 0.377 e. The molecule has 0 bridgehead atoms. The van der Waals surface area contributed by atoms with Gasteiger partial charge in [0, 0.05) is 30.1 Å². The van der Waals surface area contributed by atoms with Gasteiger partial charge in [-0.2, -0.15) is 0 Å². The van der Waals surface area contributed by atoms with E-state index in [-0.39, 0.29) is 0 Å². The average molecular weight is 294 g/mol. The molecule has 0 radical (unpaired) electrons. The van der Waals surface area contributed by atoms with Crippen LogP contribution in [0, 0.1) is 11.3 Å². The Bertz CT molecular complexity index is 355. The standard InChI is InChI=1S/C18H34N2O/c1-13(2)12-21-17-11-16(18(17,3)4)19-14-7-9-20-8-5-6-15(20)10-14/h13-17,19H,5-12H2,1-4H3. The van der Waals surface area contributed by atoms with Crippen molar-refractivity contribution < 1.29 is 4.74 Å². The maximum atomic E-state index is 6.10. The number of rotatable bonds is 5. The second-order valence-electron chi connectivity index (χ2n) is 8.55. The van der Waals surface area contributed by atoms with E-state index in [2.05, 4.69) is 37.9 Å². The molecule has 21 heavy (non-hydrogen) atoms. The molecule has 1 aliphatic carbocycles. The SMILES string of the molecule is CC(C)COC1CC(NC2CCN3CCCC3C2)C1(C)C. The number of nitrogens with zero attached hydrogens (tertiary/aromatic N) is 1. The molecule has 0 spiro atoms. The van der Waals surface area contributed by atoms with Gasteiger partial charge >= 0.3 is 0 Å². The van der Waals surface area contributed by atoms with Crippen LogP contribution in [0.5, 0.6) is 0 Å². The summed E-state index contributed by atoms with van der Waals surface area (Å²) in [6, 6.07) is 2.25. The Morgan fingerprint density at radius 1 is 1.19 bits per heavy atom. The van der Waals surface area contributed by atoms with Crippen molar-refractivity contribution in [1.29, 1.82) is 0 Å². The van der Waals surface area contributed by atoms with Gasteiger partial charge in [-0.25, -0.2) is 0 Å². The van der Waals surface area contributed by atoms with Crippen LogP contribution in [-0.2, 0) is 4.74 Å². The molecule has 1 saturated carbocycles.